The number of aromatic hydroxyl groups is 1. The number of hydrazone groups is 1. The molecule has 0 aliphatic carbocycles. The van der Waals surface area contributed by atoms with E-state index in [2.05, 4.69) is 9.93 Å². The van der Waals surface area contributed by atoms with E-state index < -0.39 is 10.0 Å². The van der Waals surface area contributed by atoms with Gasteiger partial charge in [0.2, 0.25) is 0 Å². The van der Waals surface area contributed by atoms with Crippen molar-refractivity contribution < 1.29 is 13.5 Å². The van der Waals surface area contributed by atoms with Crippen LogP contribution >= 0.6 is 0 Å². The standard InChI is InChI=1S/C19H24N2O3S/c1-4-5-11-18(17-13-14(2)12-15(3)19(17)22)20-21-25(23,24)16-9-7-6-8-10-16/h6-10,12-13,21-22H,4-5,11H2,1-3H3/b20-18-. The number of unbranched alkanes of at least 4 members (excludes halogenated alkanes) is 1. The van der Waals surface area contributed by atoms with Gasteiger partial charge in [0.05, 0.1) is 10.6 Å². The van der Waals surface area contributed by atoms with Crippen LogP contribution in [0.25, 0.3) is 0 Å². The summed E-state index contributed by atoms with van der Waals surface area (Å²) in [6.07, 6.45) is 2.36. The van der Waals surface area contributed by atoms with Crippen molar-refractivity contribution in [3.63, 3.8) is 0 Å². The molecule has 0 radical (unpaired) electrons. The van der Waals surface area contributed by atoms with Gasteiger partial charge < -0.3 is 5.11 Å². The molecule has 2 N–H and O–H groups in total. The van der Waals surface area contributed by atoms with Crippen LogP contribution in [-0.4, -0.2) is 19.2 Å². The van der Waals surface area contributed by atoms with E-state index in [1.165, 1.54) is 12.1 Å². The normalized spacial score (nSPS) is 12.2. The van der Waals surface area contributed by atoms with E-state index in [-0.39, 0.29) is 10.6 Å². The quantitative estimate of drug-likeness (QED) is 0.581. The molecule has 0 saturated heterocycles. The Morgan fingerprint density at radius 2 is 1.84 bits per heavy atom. The highest BCUT2D eigenvalue weighted by atomic mass is 32.2. The van der Waals surface area contributed by atoms with Gasteiger partial charge in [-0.05, 0) is 56.0 Å². The van der Waals surface area contributed by atoms with Crippen LogP contribution in [0.2, 0.25) is 0 Å². The Morgan fingerprint density at radius 1 is 1.16 bits per heavy atom. The maximum Gasteiger partial charge on any atom is 0.276 e. The molecule has 0 aromatic heterocycles. The fourth-order valence-electron chi connectivity index (χ4n) is 2.54. The second-order valence-electron chi connectivity index (χ2n) is 6.05. The van der Waals surface area contributed by atoms with Crippen molar-refractivity contribution >= 4 is 15.7 Å². The minimum atomic E-state index is -3.74. The molecule has 2 aromatic rings. The van der Waals surface area contributed by atoms with Crippen molar-refractivity contribution in [3.05, 3.63) is 59.2 Å². The lowest BCUT2D eigenvalue weighted by Gasteiger charge is -2.12. The Labute approximate surface area is 149 Å². The van der Waals surface area contributed by atoms with E-state index in [1.54, 1.807) is 18.2 Å². The van der Waals surface area contributed by atoms with Crippen LogP contribution in [0.3, 0.4) is 0 Å². The molecule has 25 heavy (non-hydrogen) atoms. The maximum atomic E-state index is 12.4. The molecule has 2 rings (SSSR count). The van der Waals surface area contributed by atoms with E-state index in [0.717, 1.165) is 24.0 Å². The first-order valence-electron chi connectivity index (χ1n) is 8.29. The molecule has 0 aliphatic heterocycles. The number of phenolic OH excluding ortho intramolecular Hbond substituents is 1. The Kier molecular flexibility index (Phi) is 6.20. The Hall–Kier alpha value is -2.34. The van der Waals surface area contributed by atoms with Gasteiger partial charge >= 0.3 is 0 Å². The fourth-order valence-corrected chi connectivity index (χ4v) is 3.39. The van der Waals surface area contributed by atoms with Crippen LogP contribution < -0.4 is 4.83 Å². The zero-order valence-electron chi connectivity index (χ0n) is 14.8. The molecule has 5 nitrogen and oxygen atoms in total. The molecule has 0 unspecified atom stereocenters. The third-order valence-corrected chi connectivity index (χ3v) is 5.10. The highest BCUT2D eigenvalue weighted by Gasteiger charge is 2.16. The monoisotopic (exact) mass is 360 g/mol. The summed E-state index contributed by atoms with van der Waals surface area (Å²) in [4.78, 5) is 2.45. The topological polar surface area (TPSA) is 78.8 Å². The molecular weight excluding hydrogens is 336 g/mol. The average Bonchev–Trinajstić information content (AvgIpc) is 2.59. The second kappa shape index (κ2) is 8.16. The Bertz CT molecular complexity index is 860. The van der Waals surface area contributed by atoms with Crippen LogP contribution in [0.4, 0.5) is 0 Å². The van der Waals surface area contributed by atoms with Crippen molar-refractivity contribution in [2.45, 2.75) is 44.9 Å². The molecule has 0 bridgehead atoms. The fraction of sp³-hybridized carbons (Fsp3) is 0.316. The van der Waals surface area contributed by atoms with E-state index in [0.29, 0.717) is 17.7 Å². The maximum absolute atomic E-state index is 12.4. The van der Waals surface area contributed by atoms with Gasteiger partial charge in [0.25, 0.3) is 10.0 Å². The molecule has 0 aliphatic rings. The minimum Gasteiger partial charge on any atom is -0.507 e. The van der Waals surface area contributed by atoms with Crippen LogP contribution in [0.1, 0.15) is 42.9 Å². The number of nitrogens with zero attached hydrogens (tertiary/aromatic N) is 1. The van der Waals surface area contributed by atoms with Crippen molar-refractivity contribution in [2.75, 3.05) is 0 Å². The summed E-state index contributed by atoms with van der Waals surface area (Å²) in [7, 11) is -3.74. The SMILES string of the molecule is CCCC/C(=N/NS(=O)(=O)c1ccccc1)c1cc(C)cc(C)c1O. The number of nitrogens with one attached hydrogen (secondary N) is 1. The molecule has 0 spiro atoms. The summed E-state index contributed by atoms with van der Waals surface area (Å²) in [5.74, 6) is 0.138. The number of hydrogen-bond donors (Lipinski definition) is 2. The van der Waals surface area contributed by atoms with Gasteiger partial charge in [0.1, 0.15) is 5.75 Å². The summed E-state index contributed by atoms with van der Waals surface area (Å²) in [6, 6.07) is 11.8. The van der Waals surface area contributed by atoms with Gasteiger partial charge in [-0.1, -0.05) is 37.6 Å². The summed E-state index contributed by atoms with van der Waals surface area (Å²) in [6.45, 7) is 5.80. The number of benzene rings is 2. The molecule has 0 saturated carbocycles. The van der Waals surface area contributed by atoms with E-state index in [4.69, 9.17) is 0 Å². The van der Waals surface area contributed by atoms with E-state index in [9.17, 15) is 13.5 Å². The van der Waals surface area contributed by atoms with Crippen molar-refractivity contribution in [2.24, 2.45) is 5.10 Å². The summed E-state index contributed by atoms with van der Waals surface area (Å²) >= 11 is 0. The molecule has 134 valence electrons. The molecule has 2 aromatic carbocycles. The number of phenols is 1. The zero-order chi connectivity index (χ0) is 18.4. The number of rotatable bonds is 7. The number of aryl methyl sites for hydroxylation is 2. The first kappa shape index (κ1) is 19.0. The van der Waals surface area contributed by atoms with Crippen LogP contribution in [0, 0.1) is 13.8 Å². The summed E-state index contributed by atoms with van der Waals surface area (Å²) in [5, 5.41) is 14.5. The molecule has 0 amide bonds. The van der Waals surface area contributed by atoms with E-state index in [1.807, 2.05) is 32.9 Å². The van der Waals surface area contributed by atoms with Gasteiger partial charge in [-0.2, -0.15) is 18.4 Å². The predicted octanol–water partition coefficient (Wildman–Crippen LogP) is 3.88. The molecule has 0 heterocycles. The molecule has 6 heteroatoms. The first-order valence-corrected chi connectivity index (χ1v) is 9.77. The summed E-state index contributed by atoms with van der Waals surface area (Å²) in [5.41, 5.74) is 2.83. The lowest BCUT2D eigenvalue weighted by atomic mass is 9.99. The number of sulfonamides is 1. The van der Waals surface area contributed by atoms with Gasteiger partial charge in [0, 0.05) is 5.56 Å². The lowest BCUT2D eigenvalue weighted by Crippen LogP contribution is -2.21. The second-order valence-corrected chi connectivity index (χ2v) is 7.71. The average molecular weight is 360 g/mol. The van der Waals surface area contributed by atoms with Crippen molar-refractivity contribution in [1.82, 2.24) is 4.83 Å². The van der Waals surface area contributed by atoms with Crippen molar-refractivity contribution in [3.8, 4) is 5.75 Å². The van der Waals surface area contributed by atoms with Crippen LogP contribution in [0.5, 0.6) is 5.75 Å². The molecule has 0 atom stereocenters. The van der Waals surface area contributed by atoms with Crippen molar-refractivity contribution in [1.29, 1.82) is 0 Å². The smallest absolute Gasteiger partial charge is 0.276 e. The summed E-state index contributed by atoms with van der Waals surface area (Å²) < 4.78 is 24.8. The van der Waals surface area contributed by atoms with Gasteiger partial charge in [0.15, 0.2) is 0 Å². The third kappa shape index (κ3) is 4.82. The minimum absolute atomic E-state index is 0.138. The third-order valence-electron chi connectivity index (χ3n) is 3.88. The van der Waals surface area contributed by atoms with Gasteiger partial charge in [-0.15, -0.1) is 0 Å². The molecule has 0 fully saturated rings. The van der Waals surface area contributed by atoms with Gasteiger partial charge in [-0.25, -0.2) is 0 Å². The largest absolute Gasteiger partial charge is 0.507 e. The first-order chi connectivity index (χ1) is 11.8. The van der Waals surface area contributed by atoms with Crippen LogP contribution in [0.15, 0.2) is 52.5 Å². The number of hydrogen-bond acceptors (Lipinski definition) is 4. The van der Waals surface area contributed by atoms with Crippen LogP contribution in [-0.2, 0) is 10.0 Å². The Balaban J connectivity index is 2.40. The highest BCUT2D eigenvalue weighted by Crippen LogP contribution is 2.26. The lowest BCUT2D eigenvalue weighted by molar-refractivity contribution is 0.469. The predicted molar refractivity (Wildman–Crippen MR) is 100 cm³/mol. The Morgan fingerprint density at radius 3 is 2.48 bits per heavy atom. The van der Waals surface area contributed by atoms with E-state index >= 15 is 0 Å². The zero-order valence-corrected chi connectivity index (χ0v) is 15.6. The molecular formula is C19H24N2O3S. The highest BCUT2D eigenvalue weighted by molar-refractivity contribution is 7.89. The van der Waals surface area contributed by atoms with Gasteiger partial charge in [-0.3, -0.25) is 0 Å².